The molecule has 0 bridgehead atoms. The Labute approximate surface area is 177 Å². The number of carbonyl (C=O) groups is 1. The number of carbonyl (C=O) groups excluding carboxylic acids is 1. The molecule has 2 heterocycles. The van der Waals surface area contributed by atoms with Gasteiger partial charge in [0.05, 0.1) is 31.5 Å². The number of aliphatic hydroxyl groups excluding tert-OH is 1. The predicted octanol–water partition coefficient (Wildman–Crippen LogP) is 1.21. The van der Waals surface area contributed by atoms with Crippen LogP contribution in [-0.4, -0.2) is 66.7 Å². The van der Waals surface area contributed by atoms with Crippen LogP contribution in [0, 0.1) is 11.8 Å². The van der Waals surface area contributed by atoms with Gasteiger partial charge >= 0.3 is 0 Å². The summed E-state index contributed by atoms with van der Waals surface area (Å²) >= 11 is 0. The van der Waals surface area contributed by atoms with E-state index in [1.165, 1.54) is 9.87 Å². The van der Waals surface area contributed by atoms with Gasteiger partial charge in [-0.25, -0.2) is 8.42 Å². The van der Waals surface area contributed by atoms with Crippen LogP contribution in [0.15, 0.2) is 54.6 Å². The number of hydrogen-bond acceptors (Lipinski definition) is 4. The Hall–Kier alpha value is -2.66. The third-order valence-corrected chi connectivity index (χ3v) is 7.07. The first-order valence-corrected chi connectivity index (χ1v) is 11.7. The van der Waals surface area contributed by atoms with Crippen LogP contribution in [0.4, 0.5) is 0 Å². The molecule has 2 aromatic carbocycles. The molecule has 0 spiro atoms. The lowest BCUT2D eigenvalue weighted by Crippen LogP contribution is -2.73. The summed E-state index contributed by atoms with van der Waals surface area (Å²) in [6.45, 7) is -0.0523. The minimum atomic E-state index is -3.45. The van der Waals surface area contributed by atoms with Gasteiger partial charge in [0, 0.05) is 24.4 Å². The highest BCUT2D eigenvalue weighted by Gasteiger charge is 2.54. The van der Waals surface area contributed by atoms with Crippen molar-refractivity contribution in [3.63, 3.8) is 0 Å². The molecule has 1 N–H and O–H groups in total. The van der Waals surface area contributed by atoms with Gasteiger partial charge in [0.15, 0.2) is 0 Å². The first-order chi connectivity index (χ1) is 14.4. The van der Waals surface area contributed by atoms with Crippen LogP contribution in [0.2, 0.25) is 0 Å². The minimum Gasteiger partial charge on any atom is -0.394 e. The van der Waals surface area contributed by atoms with E-state index in [0.29, 0.717) is 6.42 Å². The van der Waals surface area contributed by atoms with Gasteiger partial charge in [-0.05, 0) is 23.3 Å². The maximum absolute atomic E-state index is 12.4. The molecule has 6 nitrogen and oxygen atoms in total. The van der Waals surface area contributed by atoms with Gasteiger partial charge in [0.25, 0.3) is 0 Å². The molecule has 2 fully saturated rings. The largest absolute Gasteiger partial charge is 0.394 e. The molecule has 4 rings (SSSR count). The zero-order valence-corrected chi connectivity index (χ0v) is 17.5. The van der Waals surface area contributed by atoms with Crippen molar-refractivity contribution < 1.29 is 18.3 Å². The maximum atomic E-state index is 12.4. The Morgan fingerprint density at radius 2 is 1.80 bits per heavy atom. The summed E-state index contributed by atoms with van der Waals surface area (Å²) in [7, 11) is -3.45. The molecule has 0 aliphatic carbocycles. The monoisotopic (exact) mass is 424 g/mol. The number of fused-ring (bicyclic) bond motifs is 1. The van der Waals surface area contributed by atoms with E-state index in [1.54, 1.807) is 4.90 Å². The highest BCUT2D eigenvalue weighted by molar-refractivity contribution is 7.88. The maximum Gasteiger partial charge on any atom is 0.238 e. The number of sulfonamides is 1. The number of hydrogen-bond donors (Lipinski definition) is 1. The van der Waals surface area contributed by atoms with Crippen LogP contribution in [0.1, 0.15) is 22.6 Å². The summed E-state index contributed by atoms with van der Waals surface area (Å²) in [6.07, 6.45) is 1.80. The van der Waals surface area contributed by atoms with Crippen LogP contribution >= 0.6 is 0 Å². The van der Waals surface area contributed by atoms with Crippen LogP contribution < -0.4 is 0 Å². The molecule has 2 aliphatic heterocycles. The van der Waals surface area contributed by atoms with E-state index in [1.807, 2.05) is 54.6 Å². The Balaban J connectivity index is 1.50. The topological polar surface area (TPSA) is 77.9 Å². The van der Waals surface area contributed by atoms with E-state index in [2.05, 4.69) is 11.8 Å². The fourth-order valence-electron chi connectivity index (χ4n) is 4.36. The summed E-state index contributed by atoms with van der Waals surface area (Å²) in [5, 5.41) is 9.83. The lowest BCUT2D eigenvalue weighted by molar-refractivity contribution is -0.158. The number of nitrogens with zero attached hydrogens (tertiary/aromatic N) is 2. The van der Waals surface area contributed by atoms with E-state index in [-0.39, 0.29) is 43.6 Å². The molecule has 2 aliphatic rings. The number of benzene rings is 2. The van der Waals surface area contributed by atoms with Gasteiger partial charge in [-0.2, -0.15) is 4.31 Å². The number of piperazine rings is 1. The van der Waals surface area contributed by atoms with Crippen molar-refractivity contribution in [2.24, 2.45) is 0 Å². The highest BCUT2D eigenvalue weighted by atomic mass is 32.2. The van der Waals surface area contributed by atoms with E-state index in [4.69, 9.17) is 0 Å². The first-order valence-electron chi connectivity index (χ1n) is 9.88. The Morgan fingerprint density at radius 1 is 1.10 bits per heavy atom. The molecule has 0 unspecified atom stereocenters. The van der Waals surface area contributed by atoms with E-state index >= 15 is 0 Å². The number of aliphatic hydroxyl groups is 1. The normalized spacial score (nSPS) is 23.9. The number of rotatable bonds is 4. The number of amides is 1. The molecular formula is C23H24N2O4S. The highest BCUT2D eigenvalue weighted by Crippen LogP contribution is 2.43. The molecule has 1 amide bonds. The molecule has 0 saturated carbocycles. The molecule has 3 atom stereocenters. The lowest BCUT2D eigenvalue weighted by atomic mass is 9.74. The van der Waals surface area contributed by atoms with Crippen LogP contribution in [-0.2, 0) is 21.2 Å². The van der Waals surface area contributed by atoms with Gasteiger partial charge < -0.3 is 10.0 Å². The molecule has 0 aromatic heterocycles. The second-order valence-corrected chi connectivity index (χ2v) is 9.77. The average Bonchev–Trinajstić information content (AvgIpc) is 2.70. The summed E-state index contributed by atoms with van der Waals surface area (Å²) in [5.41, 5.74) is 3.04. The summed E-state index contributed by atoms with van der Waals surface area (Å²) in [4.78, 5) is 14.1. The summed E-state index contributed by atoms with van der Waals surface area (Å²) < 4.78 is 25.1. The van der Waals surface area contributed by atoms with Crippen LogP contribution in [0.5, 0.6) is 0 Å². The second kappa shape index (κ2) is 8.23. The van der Waals surface area contributed by atoms with Gasteiger partial charge in [0.1, 0.15) is 0 Å². The molecule has 7 heteroatoms. The fraction of sp³-hybridized carbons (Fsp3) is 0.348. The van der Waals surface area contributed by atoms with Crippen molar-refractivity contribution in [3.8, 4) is 11.8 Å². The third kappa shape index (κ3) is 3.99. The zero-order chi connectivity index (χ0) is 21.3. The summed E-state index contributed by atoms with van der Waals surface area (Å²) in [5.74, 6) is 5.97. The van der Waals surface area contributed by atoms with Crippen LogP contribution in [0.25, 0.3) is 0 Å². The fourth-order valence-corrected chi connectivity index (χ4v) is 5.12. The van der Waals surface area contributed by atoms with Gasteiger partial charge in [-0.15, -0.1) is 0 Å². The SMILES string of the molecule is CS(=O)(=O)N1CC(=O)N2[C@H](CO)[C@@H](c3ccc(C#CCc4ccccc4)cc3)[C@@H]2C1. The molecule has 30 heavy (non-hydrogen) atoms. The Morgan fingerprint density at radius 3 is 2.43 bits per heavy atom. The van der Waals surface area contributed by atoms with Crippen molar-refractivity contribution in [1.82, 2.24) is 9.21 Å². The average molecular weight is 425 g/mol. The lowest BCUT2D eigenvalue weighted by Gasteiger charge is -2.58. The predicted molar refractivity (Wildman–Crippen MR) is 114 cm³/mol. The second-order valence-electron chi connectivity index (χ2n) is 7.79. The smallest absolute Gasteiger partial charge is 0.238 e. The zero-order valence-electron chi connectivity index (χ0n) is 16.7. The molecule has 2 saturated heterocycles. The minimum absolute atomic E-state index is 0.102. The van der Waals surface area contributed by atoms with Crippen molar-refractivity contribution in [3.05, 3.63) is 71.3 Å². The first kappa shape index (κ1) is 20.6. The van der Waals surface area contributed by atoms with E-state index < -0.39 is 10.0 Å². The van der Waals surface area contributed by atoms with Crippen molar-refractivity contribution in [2.45, 2.75) is 24.4 Å². The third-order valence-electron chi connectivity index (χ3n) is 5.85. The van der Waals surface area contributed by atoms with Crippen molar-refractivity contribution >= 4 is 15.9 Å². The quantitative estimate of drug-likeness (QED) is 0.749. The van der Waals surface area contributed by atoms with Gasteiger partial charge in [-0.3, -0.25) is 4.79 Å². The Bertz CT molecular complexity index is 1090. The van der Waals surface area contributed by atoms with Crippen molar-refractivity contribution in [1.29, 1.82) is 0 Å². The standard InChI is InChI=1S/C23H24N2O4S/c1-30(28,29)24-14-20-23(21(16-26)25(20)22(27)15-24)19-12-10-18(11-13-19)9-5-8-17-6-3-2-4-7-17/h2-4,6-7,10-13,20-21,23,26H,8,14-16H2,1H3/t20-,21+,23-/m0/s1. The molecule has 156 valence electrons. The van der Waals surface area contributed by atoms with Crippen LogP contribution in [0.3, 0.4) is 0 Å². The van der Waals surface area contributed by atoms with Gasteiger partial charge in [0.2, 0.25) is 15.9 Å². The summed E-state index contributed by atoms with van der Waals surface area (Å²) in [6, 6.07) is 17.3. The van der Waals surface area contributed by atoms with E-state index in [0.717, 1.165) is 17.4 Å². The van der Waals surface area contributed by atoms with Crippen molar-refractivity contribution in [2.75, 3.05) is 26.0 Å². The Kier molecular flexibility index (Phi) is 5.65. The molecule has 0 radical (unpaired) electrons. The molecular weight excluding hydrogens is 400 g/mol. The van der Waals surface area contributed by atoms with Gasteiger partial charge in [-0.1, -0.05) is 54.3 Å². The van der Waals surface area contributed by atoms with E-state index in [9.17, 15) is 18.3 Å². The molecule has 2 aromatic rings.